The Labute approximate surface area is 134 Å². The first-order chi connectivity index (χ1) is 9.70. The van der Waals surface area contributed by atoms with Crippen molar-refractivity contribution in [3.63, 3.8) is 0 Å². The number of halogens is 1. The zero-order chi connectivity index (χ0) is 16.0. The van der Waals surface area contributed by atoms with Gasteiger partial charge in [-0.15, -0.1) is 0 Å². The summed E-state index contributed by atoms with van der Waals surface area (Å²) in [7, 11) is 0. The quantitative estimate of drug-likeness (QED) is 0.797. The highest BCUT2D eigenvalue weighted by Crippen LogP contribution is 2.25. The van der Waals surface area contributed by atoms with Crippen LogP contribution in [0.3, 0.4) is 0 Å². The molecular weight excluding hydrogens is 332 g/mol. The molecule has 0 spiro atoms. The number of rotatable bonds is 5. The fourth-order valence-electron chi connectivity index (χ4n) is 1.73. The molecule has 5 heteroatoms. The minimum absolute atomic E-state index is 0.0918. The number of carbonyl (C=O) groups excluding carboxylic acids is 2. The summed E-state index contributed by atoms with van der Waals surface area (Å²) in [6.07, 6.45) is 0.254. The maximum absolute atomic E-state index is 11.9. The topological polar surface area (TPSA) is 58.2 Å². The monoisotopic (exact) mass is 354 g/mol. The minimum atomic E-state index is -0.273. The van der Waals surface area contributed by atoms with Crippen molar-refractivity contribution in [2.45, 2.75) is 38.9 Å². The summed E-state index contributed by atoms with van der Waals surface area (Å²) in [5.74, 6) is -0.200. The van der Waals surface area contributed by atoms with Crippen molar-refractivity contribution in [2.75, 3.05) is 11.9 Å². The van der Waals surface area contributed by atoms with Crippen LogP contribution in [0.25, 0.3) is 0 Å². The first-order valence-corrected chi connectivity index (χ1v) is 7.90. The van der Waals surface area contributed by atoms with Gasteiger partial charge in [-0.2, -0.15) is 0 Å². The number of aryl methyl sites for hydroxylation is 1. The van der Waals surface area contributed by atoms with Crippen LogP contribution in [0.5, 0.6) is 0 Å². The van der Waals surface area contributed by atoms with E-state index in [1.54, 1.807) is 0 Å². The van der Waals surface area contributed by atoms with Crippen molar-refractivity contribution < 1.29 is 9.59 Å². The van der Waals surface area contributed by atoms with E-state index in [0.29, 0.717) is 6.54 Å². The number of amides is 2. The maximum Gasteiger partial charge on any atom is 0.234 e. The van der Waals surface area contributed by atoms with E-state index in [2.05, 4.69) is 26.6 Å². The van der Waals surface area contributed by atoms with E-state index in [9.17, 15) is 9.59 Å². The maximum atomic E-state index is 11.9. The smallest absolute Gasteiger partial charge is 0.234 e. The summed E-state index contributed by atoms with van der Waals surface area (Å²) in [5.41, 5.74) is 1.71. The standard InChI is InChI=1S/C16H23BrN2O2/c1-11-6-5-7-12(10-11)19-13(20)8-9-18-15(21)14(17)16(2,3)4/h5-7,10,14H,8-9H2,1-4H3,(H,18,21)(H,19,20)/t14-/m0/s1. The molecule has 1 rings (SSSR count). The molecule has 2 amide bonds. The number of anilines is 1. The summed E-state index contributed by atoms with van der Waals surface area (Å²) in [6, 6.07) is 7.62. The number of hydrogen-bond acceptors (Lipinski definition) is 2. The second-order valence-electron chi connectivity index (χ2n) is 6.19. The van der Waals surface area contributed by atoms with Crippen molar-refractivity contribution in [3.05, 3.63) is 29.8 Å². The summed E-state index contributed by atoms with van der Waals surface area (Å²) in [5, 5.41) is 5.58. The molecule has 0 unspecified atom stereocenters. The molecule has 1 aromatic carbocycles. The average molecular weight is 355 g/mol. The Morgan fingerprint density at radius 2 is 1.95 bits per heavy atom. The van der Waals surface area contributed by atoms with Gasteiger partial charge in [-0.05, 0) is 30.0 Å². The van der Waals surface area contributed by atoms with E-state index in [1.807, 2.05) is 52.0 Å². The van der Waals surface area contributed by atoms with Crippen LogP contribution in [0.4, 0.5) is 5.69 Å². The first-order valence-electron chi connectivity index (χ1n) is 6.98. The lowest BCUT2D eigenvalue weighted by molar-refractivity contribution is -0.122. The molecule has 0 aromatic heterocycles. The Morgan fingerprint density at radius 1 is 1.29 bits per heavy atom. The number of alkyl halides is 1. The number of hydrogen-bond donors (Lipinski definition) is 2. The van der Waals surface area contributed by atoms with Crippen molar-refractivity contribution in [1.29, 1.82) is 0 Å². The minimum Gasteiger partial charge on any atom is -0.355 e. The van der Waals surface area contributed by atoms with Crippen LogP contribution < -0.4 is 10.6 Å². The summed E-state index contributed by atoms with van der Waals surface area (Å²) >= 11 is 3.38. The van der Waals surface area contributed by atoms with E-state index in [4.69, 9.17) is 0 Å². The summed E-state index contributed by atoms with van der Waals surface area (Å²) < 4.78 is 0. The van der Waals surface area contributed by atoms with Gasteiger partial charge in [0.15, 0.2) is 0 Å². The zero-order valence-corrected chi connectivity index (χ0v) is 14.6. The molecule has 0 bridgehead atoms. The molecule has 116 valence electrons. The van der Waals surface area contributed by atoms with Gasteiger partial charge in [0.05, 0.1) is 4.83 Å². The van der Waals surface area contributed by atoms with Crippen molar-refractivity contribution in [3.8, 4) is 0 Å². The lowest BCUT2D eigenvalue weighted by Gasteiger charge is -2.24. The molecular formula is C16H23BrN2O2. The third-order valence-electron chi connectivity index (χ3n) is 2.94. The molecule has 0 aliphatic carbocycles. The van der Waals surface area contributed by atoms with Gasteiger partial charge in [0, 0.05) is 18.7 Å². The van der Waals surface area contributed by atoms with Crippen LogP contribution >= 0.6 is 15.9 Å². The zero-order valence-electron chi connectivity index (χ0n) is 13.0. The van der Waals surface area contributed by atoms with Gasteiger partial charge in [0.2, 0.25) is 11.8 Å². The highest BCUT2D eigenvalue weighted by atomic mass is 79.9. The van der Waals surface area contributed by atoms with Gasteiger partial charge in [-0.25, -0.2) is 0 Å². The van der Waals surface area contributed by atoms with Gasteiger partial charge in [-0.3, -0.25) is 9.59 Å². The van der Waals surface area contributed by atoms with E-state index >= 15 is 0 Å². The highest BCUT2D eigenvalue weighted by Gasteiger charge is 2.28. The Bertz CT molecular complexity index is 509. The second-order valence-corrected chi connectivity index (χ2v) is 7.10. The van der Waals surface area contributed by atoms with Crippen LogP contribution in [-0.2, 0) is 9.59 Å². The molecule has 1 aromatic rings. The van der Waals surface area contributed by atoms with Gasteiger partial charge in [0.1, 0.15) is 0 Å². The van der Waals surface area contributed by atoms with Crippen molar-refractivity contribution in [2.24, 2.45) is 5.41 Å². The fraction of sp³-hybridized carbons (Fsp3) is 0.500. The normalized spacial score (nSPS) is 12.6. The molecule has 4 nitrogen and oxygen atoms in total. The van der Waals surface area contributed by atoms with E-state index in [-0.39, 0.29) is 28.5 Å². The average Bonchev–Trinajstić information content (AvgIpc) is 2.36. The van der Waals surface area contributed by atoms with Crippen LogP contribution in [0, 0.1) is 12.3 Å². The Morgan fingerprint density at radius 3 is 2.52 bits per heavy atom. The van der Waals surface area contributed by atoms with Crippen LogP contribution in [0.1, 0.15) is 32.8 Å². The molecule has 1 atom stereocenters. The fourth-order valence-corrected chi connectivity index (χ4v) is 1.89. The largest absolute Gasteiger partial charge is 0.355 e. The first kappa shape index (κ1) is 17.7. The van der Waals surface area contributed by atoms with Gasteiger partial charge in [-0.1, -0.05) is 48.8 Å². The lowest BCUT2D eigenvalue weighted by Crippen LogP contribution is -2.39. The van der Waals surface area contributed by atoms with Gasteiger partial charge >= 0.3 is 0 Å². The molecule has 0 radical (unpaired) electrons. The lowest BCUT2D eigenvalue weighted by atomic mass is 9.92. The highest BCUT2D eigenvalue weighted by molar-refractivity contribution is 9.10. The molecule has 0 aliphatic heterocycles. The second kappa shape index (κ2) is 7.59. The summed E-state index contributed by atoms with van der Waals surface area (Å²) in [4.78, 5) is 23.4. The number of benzene rings is 1. The molecule has 0 aliphatic rings. The Hall–Kier alpha value is -1.36. The van der Waals surface area contributed by atoms with Crippen LogP contribution in [0.2, 0.25) is 0 Å². The predicted molar refractivity (Wildman–Crippen MR) is 89.6 cm³/mol. The van der Waals surface area contributed by atoms with E-state index < -0.39 is 0 Å². The third-order valence-corrected chi connectivity index (χ3v) is 4.73. The molecule has 0 fully saturated rings. The Balaban J connectivity index is 2.36. The number of nitrogens with one attached hydrogen (secondary N) is 2. The molecule has 0 heterocycles. The molecule has 21 heavy (non-hydrogen) atoms. The predicted octanol–water partition coefficient (Wildman–Crippen LogP) is 3.25. The van der Waals surface area contributed by atoms with Gasteiger partial charge in [0.25, 0.3) is 0 Å². The van der Waals surface area contributed by atoms with E-state index in [1.165, 1.54) is 0 Å². The van der Waals surface area contributed by atoms with Crippen molar-refractivity contribution in [1.82, 2.24) is 5.32 Å². The SMILES string of the molecule is Cc1cccc(NC(=O)CCNC(=O)[C@H](Br)C(C)(C)C)c1. The van der Waals surface area contributed by atoms with Crippen molar-refractivity contribution >= 4 is 33.4 Å². The third kappa shape index (κ3) is 6.29. The van der Waals surface area contributed by atoms with Crippen LogP contribution in [0.15, 0.2) is 24.3 Å². The van der Waals surface area contributed by atoms with Crippen LogP contribution in [-0.4, -0.2) is 23.2 Å². The molecule has 2 N–H and O–H groups in total. The molecule has 0 saturated heterocycles. The molecule has 0 saturated carbocycles. The van der Waals surface area contributed by atoms with Gasteiger partial charge < -0.3 is 10.6 Å². The Kier molecular flexibility index (Phi) is 6.40. The number of carbonyl (C=O) groups is 2. The summed E-state index contributed by atoms with van der Waals surface area (Å²) in [6.45, 7) is 8.25. The van der Waals surface area contributed by atoms with E-state index in [0.717, 1.165) is 11.3 Å².